The minimum Gasteiger partial charge on any atom is -0.444 e. The summed E-state index contributed by atoms with van der Waals surface area (Å²) in [5.74, 6) is 0. The van der Waals surface area contributed by atoms with Crippen LogP contribution in [0.25, 0.3) is 0 Å². The number of rotatable bonds is 4. The molecule has 140 valence electrons. The summed E-state index contributed by atoms with van der Waals surface area (Å²) in [5, 5.41) is 12.1. The Hall–Kier alpha value is -1.64. The van der Waals surface area contributed by atoms with Crippen molar-refractivity contribution in [2.75, 3.05) is 5.32 Å². The molecule has 25 heavy (non-hydrogen) atoms. The van der Waals surface area contributed by atoms with Crippen LogP contribution in [0.1, 0.15) is 46.5 Å². The van der Waals surface area contributed by atoms with Gasteiger partial charge >= 0.3 is 6.09 Å². The molecule has 0 atom stereocenters. The van der Waals surface area contributed by atoms with Gasteiger partial charge in [-0.2, -0.15) is 0 Å². The van der Waals surface area contributed by atoms with Gasteiger partial charge in [0.1, 0.15) is 5.60 Å². The summed E-state index contributed by atoms with van der Waals surface area (Å²) in [5.41, 5.74) is -0.154. The molecule has 1 aliphatic carbocycles. The maximum absolute atomic E-state index is 12.4. The number of sulfonamides is 1. The van der Waals surface area contributed by atoms with E-state index in [9.17, 15) is 18.3 Å². The van der Waals surface area contributed by atoms with Gasteiger partial charge in [0.25, 0.3) is 0 Å². The Morgan fingerprint density at radius 1 is 1.12 bits per heavy atom. The quantitative estimate of drug-likeness (QED) is 0.756. The van der Waals surface area contributed by atoms with E-state index in [2.05, 4.69) is 10.0 Å². The Kier molecular flexibility index (Phi) is 6.08. The number of hydrogen-bond donors (Lipinski definition) is 3. The molecule has 0 unspecified atom stereocenters. The van der Waals surface area contributed by atoms with E-state index in [-0.39, 0.29) is 17.0 Å². The van der Waals surface area contributed by atoms with Gasteiger partial charge in [0.2, 0.25) is 10.0 Å². The molecule has 1 amide bonds. The second-order valence-corrected chi connectivity index (χ2v) is 8.99. The molecule has 1 aliphatic rings. The summed E-state index contributed by atoms with van der Waals surface area (Å²) >= 11 is 0. The topological polar surface area (TPSA) is 105 Å². The third-order valence-electron chi connectivity index (χ3n) is 3.83. The van der Waals surface area contributed by atoms with E-state index in [1.165, 1.54) is 24.3 Å². The second kappa shape index (κ2) is 7.72. The molecule has 0 saturated heterocycles. The van der Waals surface area contributed by atoms with Crippen LogP contribution in [0.2, 0.25) is 0 Å². The predicted molar refractivity (Wildman–Crippen MR) is 94.9 cm³/mol. The van der Waals surface area contributed by atoms with Crippen molar-refractivity contribution >= 4 is 21.8 Å². The lowest BCUT2D eigenvalue weighted by Crippen LogP contribution is -2.38. The summed E-state index contributed by atoms with van der Waals surface area (Å²) in [4.78, 5) is 11.8. The van der Waals surface area contributed by atoms with E-state index >= 15 is 0 Å². The van der Waals surface area contributed by atoms with Gasteiger partial charge in [-0.1, -0.05) is 0 Å². The minimum absolute atomic E-state index is 0.133. The first kappa shape index (κ1) is 19.7. The fraction of sp³-hybridized carbons (Fsp3) is 0.588. The van der Waals surface area contributed by atoms with E-state index in [0.717, 1.165) is 0 Å². The van der Waals surface area contributed by atoms with Crippen LogP contribution < -0.4 is 10.0 Å². The third kappa shape index (κ3) is 6.30. The molecule has 2 rings (SSSR count). The zero-order chi connectivity index (χ0) is 18.7. The third-order valence-corrected chi connectivity index (χ3v) is 5.36. The Morgan fingerprint density at radius 3 is 2.20 bits per heavy atom. The summed E-state index contributed by atoms with van der Waals surface area (Å²) in [6, 6.07) is 5.75. The van der Waals surface area contributed by atoms with Crippen molar-refractivity contribution < 1.29 is 23.1 Å². The summed E-state index contributed by atoms with van der Waals surface area (Å²) in [7, 11) is -3.63. The highest BCUT2D eigenvalue weighted by Gasteiger charge is 2.25. The fourth-order valence-electron chi connectivity index (χ4n) is 2.62. The number of benzene rings is 1. The van der Waals surface area contributed by atoms with Gasteiger partial charge in [-0.15, -0.1) is 0 Å². The van der Waals surface area contributed by atoms with Crippen molar-refractivity contribution in [3.63, 3.8) is 0 Å². The van der Waals surface area contributed by atoms with Crippen molar-refractivity contribution in [3.05, 3.63) is 24.3 Å². The smallest absolute Gasteiger partial charge is 0.412 e. The van der Waals surface area contributed by atoms with Crippen LogP contribution >= 0.6 is 0 Å². The monoisotopic (exact) mass is 370 g/mol. The molecule has 7 nitrogen and oxygen atoms in total. The van der Waals surface area contributed by atoms with Crippen molar-refractivity contribution in [1.82, 2.24) is 4.72 Å². The first-order valence-corrected chi connectivity index (χ1v) is 9.84. The second-order valence-electron chi connectivity index (χ2n) is 7.28. The fourth-order valence-corrected chi connectivity index (χ4v) is 3.93. The molecule has 0 spiro atoms. The minimum atomic E-state index is -3.63. The highest BCUT2D eigenvalue weighted by molar-refractivity contribution is 7.89. The summed E-state index contributed by atoms with van der Waals surface area (Å²) < 4.78 is 32.7. The SMILES string of the molecule is CC(C)(C)OC(=O)Nc1ccc(S(=O)(=O)NC2CCC(O)CC2)cc1. The molecule has 0 radical (unpaired) electrons. The van der Waals surface area contributed by atoms with Gasteiger partial charge in [0, 0.05) is 11.7 Å². The average molecular weight is 370 g/mol. The summed E-state index contributed by atoms with van der Waals surface area (Å²) in [6.45, 7) is 5.29. The van der Waals surface area contributed by atoms with E-state index < -0.39 is 21.7 Å². The molecule has 0 heterocycles. The number of aliphatic hydroxyl groups is 1. The molecular weight excluding hydrogens is 344 g/mol. The number of amides is 1. The highest BCUT2D eigenvalue weighted by atomic mass is 32.2. The number of nitrogens with one attached hydrogen (secondary N) is 2. The number of anilines is 1. The lowest BCUT2D eigenvalue weighted by atomic mass is 9.94. The van der Waals surface area contributed by atoms with Crippen molar-refractivity contribution in [2.45, 2.75) is 69.1 Å². The molecule has 1 aromatic carbocycles. The van der Waals surface area contributed by atoms with Crippen molar-refractivity contribution in [3.8, 4) is 0 Å². The van der Waals surface area contributed by atoms with Gasteiger partial charge in [0.15, 0.2) is 0 Å². The Labute approximate surface area is 148 Å². The number of carbonyl (C=O) groups excluding carboxylic acids is 1. The first-order valence-electron chi connectivity index (χ1n) is 8.36. The van der Waals surface area contributed by atoms with E-state index in [1.54, 1.807) is 20.8 Å². The van der Waals surface area contributed by atoms with Crippen LogP contribution in [0.5, 0.6) is 0 Å². The molecule has 1 fully saturated rings. The molecule has 1 aromatic rings. The Balaban J connectivity index is 1.97. The van der Waals surface area contributed by atoms with E-state index in [4.69, 9.17) is 4.74 Å². The highest BCUT2D eigenvalue weighted by Crippen LogP contribution is 2.21. The number of hydrogen-bond acceptors (Lipinski definition) is 5. The molecular formula is C17H26N2O5S. The van der Waals surface area contributed by atoms with Crippen LogP contribution in [0.3, 0.4) is 0 Å². The molecule has 0 bridgehead atoms. The van der Waals surface area contributed by atoms with Gasteiger partial charge in [-0.3, -0.25) is 5.32 Å². The first-order chi connectivity index (χ1) is 11.5. The maximum atomic E-state index is 12.4. The van der Waals surface area contributed by atoms with Crippen molar-refractivity contribution in [1.29, 1.82) is 0 Å². The Bertz CT molecular complexity index is 687. The lowest BCUT2D eigenvalue weighted by Gasteiger charge is -2.26. The van der Waals surface area contributed by atoms with Gasteiger partial charge < -0.3 is 9.84 Å². The predicted octanol–water partition coefficient (Wildman–Crippen LogP) is 2.62. The zero-order valence-electron chi connectivity index (χ0n) is 14.8. The van der Waals surface area contributed by atoms with Crippen LogP contribution in [0, 0.1) is 0 Å². The largest absolute Gasteiger partial charge is 0.444 e. The molecule has 0 aliphatic heterocycles. The number of ether oxygens (including phenoxy) is 1. The van der Waals surface area contributed by atoms with Gasteiger partial charge in [0.05, 0.1) is 11.0 Å². The standard InChI is InChI=1S/C17H26N2O5S/c1-17(2,3)24-16(21)18-12-6-10-15(11-7-12)25(22,23)19-13-4-8-14(20)9-5-13/h6-7,10-11,13-14,19-20H,4-5,8-9H2,1-3H3,(H,18,21). The van der Waals surface area contributed by atoms with Gasteiger partial charge in [-0.25, -0.2) is 17.9 Å². The van der Waals surface area contributed by atoms with Crippen LogP contribution in [0.4, 0.5) is 10.5 Å². The maximum Gasteiger partial charge on any atom is 0.412 e. The van der Waals surface area contributed by atoms with Crippen LogP contribution in [-0.4, -0.2) is 37.4 Å². The zero-order valence-corrected chi connectivity index (χ0v) is 15.6. The number of carbonyl (C=O) groups is 1. The van der Waals surface area contributed by atoms with Crippen LogP contribution in [0.15, 0.2) is 29.2 Å². The molecule has 3 N–H and O–H groups in total. The van der Waals surface area contributed by atoms with Crippen LogP contribution in [-0.2, 0) is 14.8 Å². The Morgan fingerprint density at radius 2 is 1.68 bits per heavy atom. The van der Waals surface area contributed by atoms with Crippen molar-refractivity contribution in [2.24, 2.45) is 0 Å². The molecule has 0 aromatic heterocycles. The molecule has 8 heteroatoms. The number of aliphatic hydroxyl groups excluding tert-OH is 1. The molecule has 1 saturated carbocycles. The summed E-state index contributed by atoms with van der Waals surface area (Å²) in [6.07, 6.45) is 1.52. The average Bonchev–Trinajstić information content (AvgIpc) is 2.48. The normalized spacial score (nSPS) is 21.6. The van der Waals surface area contributed by atoms with E-state index in [0.29, 0.717) is 31.4 Å². The van der Waals surface area contributed by atoms with Gasteiger partial charge in [-0.05, 0) is 70.7 Å². The lowest BCUT2D eigenvalue weighted by molar-refractivity contribution is 0.0636. The van der Waals surface area contributed by atoms with E-state index in [1.807, 2.05) is 0 Å².